The molecule has 1 aromatic heterocycles. The zero-order valence-corrected chi connectivity index (χ0v) is 23.2. The molecule has 3 aliphatic rings. The minimum atomic E-state index is -0.442. The molecular weight excluding hydrogens is 443 g/mol. The van der Waals surface area contributed by atoms with Crippen molar-refractivity contribution in [3.05, 3.63) is 58.9 Å². The molecule has 0 saturated carbocycles. The number of furan rings is 1. The molecule has 2 aliphatic carbocycles. The summed E-state index contributed by atoms with van der Waals surface area (Å²) in [6, 6.07) is 11.6. The van der Waals surface area contributed by atoms with Crippen LogP contribution in [0.4, 0.5) is 0 Å². The maximum Gasteiger partial charge on any atom is 0.495 e. The van der Waals surface area contributed by atoms with Gasteiger partial charge in [0.15, 0.2) is 0 Å². The van der Waals surface area contributed by atoms with Gasteiger partial charge in [0.1, 0.15) is 11.3 Å². The molecule has 36 heavy (non-hydrogen) atoms. The lowest BCUT2D eigenvalue weighted by molar-refractivity contribution is 0.00578. The summed E-state index contributed by atoms with van der Waals surface area (Å²) >= 11 is 0. The monoisotopic (exact) mass is 482 g/mol. The third kappa shape index (κ3) is 3.55. The molecule has 1 saturated heterocycles. The maximum atomic E-state index is 6.57. The number of aryl methyl sites for hydroxylation is 1. The second-order valence-corrected chi connectivity index (χ2v) is 13.4. The van der Waals surface area contributed by atoms with Gasteiger partial charge in [-0.1, -0.05) is 64.1 Å². The molecular formula is C32H39BO3. The molecule has 188 valence electrons. The molecule has 0 radical (unpaired) electrons. The largest absolute Gasteiger partial charge is 0.495 e. The van der Waals surface area contributed by atoms with Gasteiger partial charge < -0.3 is 13.7 Å². The van der Waals surface area contributed by atoms with Gasteiger partial charge in [0, 0.05) is 17.4 Å². The molecule has 0 N–H and O–H groups in total. The normalized spacial score (nSPS) is 23.1. The van der Waals surface area contributed by atoms with Crippen LogP contribution in [0.25, 0.3) is 28.2 Å². The van der Waals surface area contributed by atoms with Crippen molar-refractivity contribution in [3.63, 3.8) is 0 Å². The summed E-state index contributed by atoms with van der Waals surface area (Å²) in [6.45, 7) is 18.0. The molecule has 6 rings (SSSR count). The summed E-state index contributed by atoms with van der Waals surface area (Å²) in [5, 5.41) is 1.13. The van der Waals surface area contributed by atoms with Crippen LogP contribution in [0.3, 0.4) is 0 Å². The Bertz CT molecular complexity index is 1390. The fourth-order valence-electron chi connectivity index (χ4n) is 6.20. The molecule has 1 aliphatic heterocycles. The van der Waals surface area contributed by atoms with Gasteiger partial charge in [0.05, 0.1) is 11.2 Å². The number of hydrogen-bond donors (Lipinski definition) is 0. The molecule has 0 spiro atoms. The fraction of sp³-hybridized carbons (Fsp3) is 0.500. The maximum absolute atomic E-state index is 6.57. The second-order valence-electron chi connectivity index (χ2n) is 13.4. The lowest BCUT2D eigenvalue weighted by Gasteiger charge is -2.42. The van der Waals surface area contributed by atoms with Gasteiger partial charge in [-0.15, -0.1) is 0 Å². The Kier molecular flexibility index (Phi) is 5.09. The minimum Gasteiger partial charge on any atom is -0.460 e. The summed E-state index contributed by atoms with van der Waals surface area (Å²) in [5.41, 5.74) is 8.06. The molecule has 2 heterocycles. The summed E-state index contributed by atoms with van der Waals surface area (Å²) in [7, 11) is -0.442. The second kappa shape index (κ2) is 7.62. The highest BCUT2D eigenvalue weighted by Gasteiger charge is 2.52. The van der Waals surface area contributed by atoms with Crippen molar-refractivity contribution in [1.82, 2.24) is 0 Å². The van der Waals surface area contributed by atoms with Crippen molar-refractivity contribution in [2.45, 2.75) is 103 Å². The highest BCUT2D eigenvalue weighted by atomic mass is 16.7. The number of allylic oxidation sites excluding steroid dienone is 1. The van der Waals surface area contributed by atoms with Crippen LogP contribution >= 0.6 is 0 Å². The molecule has 1 fully saturated rings. The van der Waals surface area contributed by atoms with Crippen molar-refractivity contribution >= 4 is 29.6 Å². The van der Waals surface area contributed by atoms with Crippen molar-refractivity contribution in [3.8, 4) is 11.1 Å². The Hall–Kier alpha value is -2.30. The van der Waals surface area contributed by atoms with Crippen molar-refractivity contribution < 1.29 is 13.7 Å². The molecule has 0 atom stereocenters. The van der Waals surface area contributed by atoms with E-state index in [1.807, 2.05) is 0 Å². The van der Waals surface area contributed by atoms with Crippen LogP contribution in [0.1, 0.15) is 97.1 Å². The zero-order valence-electron chi connectivity index (χ0n) is 23.2. The molecule has 3 nitrogen and oxygen atoms in total. The molecule has 0 bridgehead atoms. The first-order chi connectivity index (χ1) is 16.8. The summed E-state index contributed by atoms with van der Waals surface area (Å²) in [4.78, 5) is 0. The van der Waals surface area contributed by atoms with Crippen LogP contribution in [0.2, 0.25) is 0 Å². The van der Waals surface area contributed by atoms with Gasteiger partial charge in [-0.2, -0.15) is 0 Å². The fourth-order valence-corrected chi connectivity index (χ4v) is 6.20. The molecule has 2 aromatic carbocycles. The topological polar surface area (TPSA) is 31.6 Å². The average Bonchev–Trinajstić information content (AvgIpc) is 3.29. The first-order valence-electron chi connectivity index (χ1n) is 13.6. The summed E-state index contributed by atoms with van der Waals surface area (Å²) < 4.78 is 19.6. The van der Waals surface area contributed by atoms with Crippen LogP contribution in [-0.2, 0) is 26.6 Å². The zero-order chi connectivity index (χ0) is 25.7. The van der Waals surface area contributed by atoms with Crippen LogP contribution < -0.4 is 5.46 Å². The van der Waals surface area contributed by atoms with E-state index >= 15 is 0 Å². The summed E-state index contributed by atoms with van der Waals surface area (Å²) in [5.74, 6) is 1.07. The number of hydrogen-bond acceptors (Lipinski definition) is 3. The first kappa shape index (κ1) is 24.1. The van der Waals surface area contributed by atoms with E-state index in [4.69, 9.17) is 13.7 Å². The van der Waals surface area contributed by atoms with Crippen LogP contribution in [0.15, 0.2) is 40.8 Å². The molecule has 0 unspecified atom stereocenters. The highest BCUT2D eigenvalue weighted by molar-refractivity contribution is 6.65. The van der Waals surface area contributed by atoms with Gasteiger partial charge in [-0.05, 0) is 91.6 Å². The Balaban J connectivity index is 1.55. The van der Waals surface area contributed by atoms with E-state index in [0.717, 1.165) is 40.6 Å². The van der Waals surface area contributed by atoms with E-state index in [2.05, 4.69) is 97.9 Å². The van der Waals surface area contributed by atoms with Crippen LogP contribution in [-0.4, -0.2) is 18.3 Å². The Morgan fingerprint density at radius 2 is 1.42 bits per heavy atom. The van der Waals surface area contributed by atoms with Crippen LogP contribution in [0.5, 0.6) is 0 Å². The van der Waals surface area contributed by atoms with E-state index < -0.39 is 18.3 Å². The lowest BCUT2D eigenvalue weighted by Crippen LogP contribution is -2.41. The number of rotatable bonds is 2. The Labute approximate surface area is 216 Å². The smallest absolute Gasteiger partial charge is 0.460 e. The van der Waals surface area contributed by atoms with E-state index in [1.165, 1.54) is 35.1 Å². The van der Waals surface area contributed by atoms with Gasteiger partial charge in [-0.25, -0.2) is 0 Å². The quantitative estimate of drug-likeness (QED) is 0.351. The molecule has 0 amide bonds. The van der Waals surface area contributed by atoms with E-state index in [0.29, 0.717) is 0 Å². The van der Waals surface area contributed by atoms with E-state index in [1.54, 1.807) is 0 Å². The van der Waals surface area contributed by atoms with Crippen molar-refractivity contribution in [2.24, 2.45) is 0 Å². The van der Waals surface area contributed by atoms with Gasteiger partial charge in [0.2, 0.25) is 0 Å². The predicted octanol–water partition coefficient (Wildman–Crippen LogP) is 7.71. The highest BCUT2D eigenvalue weighted by Crippen LogP contribution is 2.47. The third-order valence-corrected chi connectivity index (χ3v) is 9.45. The third-order valence-electron chi connectivity index (χ3n) is 9.45. The number of fused-ring (bicyclic) bond motifs is 4. The Morgan fingerprint density at radius 3 is 2.11 bits per heavy atom. The standard InChI is InChI=1S/C32H39BO3/c1-29(2)15-16-30(3,4)24-17-20(13-14-23(24)29)21-18-25(33-35-31(5,6)32(7,8)36-33)28-22-11-9-10-12-26(22)34-27(28)19-21/h9,11,13-14,17-19H,10,12,15-16H2,1-8H3. The predicted molar refractivity (Wildman–Crippen MR) is 150 cm³/mol. The van der Waals surface area contributed by atoms with E-state index in [9.17, 15) is 0 Å². The van der Waals surface area contributed by atoms with Crippen molar-refractivity contribution in [1.29, 1.82) is 0 Å². The lowest BCUT2D eigenvalue weighted by atomic mass is 9.63. The SMILES string of the molecule is CC1(C)CCC(C)(C)c2cc(-c3cc(B4OC(C)(C)C(C)(C)O4)c4c5c(oc4c3)CCC=C5)ccc21. The first-order valence-corrected chi connectivity index (χ1v) is 13.6. The van der Waals surface area contributed by atoms with Crippen LogP contribution in [0, 0.1) is 0 Å². The average molecular weight is 482 g/mol. The Morgan fingerprint density at radius 1 is 0.750 bits per heavy atom. The van der Waals surface area contributed by atoms with Gasteiger partial charge in [0.25, 0.3) is 0 Å². The van der Waals surface area contributed by atoms with Gasteiger partial charge in [-0.3, -0.25) is 0 Å². The molecule has 3 aromatic rings. The minimum absolute atomic E-state index is 0.161. The summed E-state index contributed by atoms with van der Waals surface area (Å²) in [6.07, 6.45) is 8.82. The van der Waals surface area contributed by atoms with E-state index in [-0.39, 0.29) is 10.8 Å². The van der Waals surface area contributed by atoms with Crippen molar-refractivity contribution in [2.75, 3.05) is 0 Å². The molecule has 4 heteroatoms. The van der Waals surface area contributed by atoms with Gasteiger partial charge >= 0.3 is 7.12 Å². The number of benzene rings is 2.